The number of methoxy groups -OCH3 is 1. The zero-order chi connectivity index (χ0) is 24.6. The number of carbonyl (C=O) groups excluding carboxylic acids is 1. The standard InChI is InChI=1S/C26H27ClN2O6/c1-33-23-13-17(4-7-21(23)34-16-19(31)15-30)25(32)28-11-8-26(9-12-28)24-3-2-10-29(24)20-6-5-18(27)14-22(20)35-26/h2-7,10,13-14,19,30-31H,8-9,11-12,15-16H2,1H3/t19-/m1/s1. The van der Waals surface area contributed by atoms with Gasteiger partial charge in [-0.2, -0.15) is 0 Å². The topological polar surface area (TPSA) is 93.4 Å². The Labute approximate surface area is 208 Å². The van der Waals surface area contributed by atoms with Crippen LogP contribution in [0.25, 0.3) is 5.69 Å². The maximum absolute atomic E-state index is 13.3. The van der Waals surface area contributed by atoms with Crippen LogP contribution in [-0.2, 0) is 5.60 Å². The summed E-state index contributed by atoms with van der Waals surface area (Å²) in [5.74, 6) is 1.42. The number of amides is 1. The smallest absolute Gasteiger partial charge is 0.253 e. The predicted octanol–water partition coefficient (Wildman–Crippen LogP) is 3.40. The molecule has 5 rings (SSSR count). The molecule has 0 bridgehead atoms. The molecule has 0 saturated carbocycles. The summed E-state index contributed by atoms with van der Waals surface area (Å²) < 4.78 is 19.6. The summed E-state index contributed by atoms with van der Waals surface area (Å²) in [5, 5.41) is 19.1. The van der Waals surface area contributed by atoms with Crippen molar-refractivity contribution in [3.05, 3.63) is 71.0 Å². The first-order valence-corrected chi connectivity index (χ1v) is 11.9. The molecule has 2 aliphatic rings. The fourth-order valence-corrected chi connectivity index (χ4v) is 4.93. The summed E-state index contributed by atoms with van der Waals surface area (Å²) in [7, 11) is 1.49. The number of carbonyl (C=O) groups is 1. The van der Waals surface area contributed by atoms with Gasteiger partial charge in [0, 0.05) is 48.8 Å². The van der Waals surface area contributed by atoms with E-state index in [0.29, 0.717) is 48.0 Å². The molecule has 2 aromatic carbocycles. The molecule has 1 aromatic heterocycles. The van der Waals surface area contributed by atoms with Crippen LogP contribution in [0.5, 0.6) is 17.2 Å². The Morgan fingerprint density at radius 2 is 1.97 bits per heavy atom. The molecule has 3 aromatic rings. The second kappa shape index (κ2) is 9.45. The van der Waals surface area contributed by atoms with Crippen LogP contribution in [0.15, 0.2) is 54.7 Å². The maximum atomic E-state index is 13.3. The number of fused-ring (bicyclic) bond motifs is 4. The number of aliphatic hydroxyl groups is 2. The van der Waals surface area contributed by atoms with E-state index in [-0.39, 0.29) is 12.5 Å². The van der Waals surface area contributed by atoms with E-state index in [1.165, 1.54) is 7.11 Å². The molecule has 0 unspecified atom stereocenters. The van der Waals surface area contributed by atoms with E-state index in [1.807, 2.05) is 35.4 Å². The van der Waals surface area contributed by atoms with Crippen LogP contribution in [-0.4, -0.2) is 65.1 Å². The van der Waals surface area contributed by atoms with Gasteiger partial charge in [0.2, 0.25) is 0 Å². The van der Waals surface area contributed by atoms with Gasteiger partial charge in [-0.05, 0) is 42.5 Å². The zero-order valence-electron chi connectivity index (χ0n) is 19.3. The third-order valence-electron chi connectivity index (χ3n) is 6.61. The third-order valence-corrected chi connectivity index (χ3v) is 6.85. The van der Waals surface area contributed by atoms with E-state index >= 15 is 0 Å². The highest BCUT2D eigenvalue weighted by molar-refractivity contribution is 6.30. The van der Waals surface area contributed by atoms with Crippen LogP contribution in [0.1, 0.15) is 28.9 Å². The van der Waals surface area contributed by atoms with Crippen molar-refractivity contribution in [1.29, 1.82) is 0 Å². The number of aliphatic hydroxyl groups excluding tert-OH is 2. The Kier molecular flexibility index (Phi) is 6.35. The molecule has 0 aliphatic carbocycles. The quantitative estimate of drug-likeness (QED) is 0.541. The summed E-state index contributed by atoms with van der Waals surface area (Å²) in [6, 6.07) is 14.7. The monoisotopic (exact) mass is 498 g/mol. The first-order valence-electron chi connectivity index (χ1n) is 11.5. The van der Waals surface area contributed by atoms with Crippen LogP contribution in [0.4, 0.5) is 0 Å². The largest absolute Gasteiger partial charge is 0.493 e. The number of halogens is 1. The summed E-state index contributed by atoms with van der Waals surface area (Å²) in [5.41, 5.74) is 1.99. The van der Waals surface area contributed by atoms with Gasteiger partial charge in [0.05, 0.1) is 25.1 Å². The van der Waals surface area contributed by atoms with Gasteiger partial charge in [-0.1, -0.05) is 11.6 Å². The lowest BCUT2D eigenvalue weighted by Crippen LogP contribution is -2.50. The number of likely N-dealkylation sites (tertiary alicyclic amines) is 1. The number of hydrogen-bond acceptors (Lipinski definition) is 6. The Morgan fingerprint density at radius 3 is 2.71 bits per heavy atom. The van der Waals surface area contributed by atoms with Crippen molar-refractivity contribution >= 4 is 17.5 Å². The molecule has 184 valence electrons. The lowest BCUT2D eigenvalue weighted by Gasteiger charge is -2.45. The fraction of sp³-hybridized carbons (Fsp3) is 0.346. The number of rotatable bonds is 6. The number of benzene rings is 2. The van der Waals surface area contributed by atoms with Gasteiger partial charge < -0.3 is 33.9 Å². The van der Waals surface area contributed by atoms with Crippen molar-refractivity contribution in [3.63, 3.8) is 0 Å². The van der Waals surface area contributed by atoms with Gasteiger partial charge in [-0.15, -0.1) is 0 Å². The van der Waals surface area contributed by atoms with Crippen LogP contribution in [0, 0.1) is 0 Å². The second-order valence-corrected chi connectivity index (χ2v) is 9.21. The Morgan fingerprint density at radius 1 is 1.17 bits per heavy atom. The average Bonchev–Trinajstić information content (AvgIpc) is 3.38. The molecule has 1 amide bonds. The van der Waals surface area contributed by atoms with E-state index in [9.17, 15) is 9.90 Å². The van der Waals surface area contributed by atoms with Crippen molar-refractivity contribution in [2.75, 3.05) is 33.4 Å². The van der Waals surface area contributed by atoms with Crippen LogP contribution in [0.2, 0.25) is 5.02 Å². The lowest BCUT2D eigenvalue weighted by atomic mass is 9.86. The summed E-state index contributed by atoms with van der Waals surface area (Å²) in [6.45, 7) is 0.583. The Bertz CT molecular complexity index is 1230. The molecule has 1 atom stereocenters. The predicted molar refractivity (Wildman–Crippen MR) is 130 cm³/mol. The number of hydrogen-bond donors (Lipinski definition) is 2. The van der Waals surface area contributed by atoms with E-state index in [1.54, 1.807) is 18.2 Å². The number of aromatic nitrogens is 1. The normalized spacial score (nSPS) is 16.7. The SMILES string of the molecule is COc1cc(C(=O)N2CCC3(CC2)Oc2cc(Cl)ccc2-n2cccc23)ccc1OC[C@H](O)CO. The van der Waals surface area contributed by atoms with Gasteiger partial charge in [-0.3, -0.25) is 4.79 Å². The van der Waals surface area contributed by atoms with Crippen LogP contribution < -0.4 is 14.2 Å². The van der Waals surface area contributed by atoms with Gasteiger partial charge in [-0.25, -0.2) is 0 Å². The molecule has 2 N–H and O–H groups in total. The third kappa shape index (κ3) is 4.33. The minimum Gasteiger partial charge on any atom is -0.493 e. The van der Waals surface area contributed by atoms with E-state index in [4.69, 9.17) is 30.9 Å². The van der Waals surface area contributed by atoms with Crippen molar-refractivity contribution in [2.24, 2.45) is 0 Å². The average molecular weight is 499 g/mol. The van der Waals surface area contributed by atoms with Crippen LogP contribution in [0.3, 0.4) is 0 Å². The molecule has 1 fully saturated rings. The van der Waals surface area contributed by atoms with Crippen molar-refractivity contribution in [3.8, 4) is 22.9 Å². The van der Waals surface area contributed by atoms with Gasteiger partial charge >= 0.3 is 0 Å². The molecule has 35 heavy (non-hydrogen) atoms. The molecule has 8 nitrogen and oxygen atoms in total. The maximum Gasteiger partial charge on any atom is 0.253 e. The highest BCUT2D eigenvalue weighted by atomic mass is 35.5. The van der Waals surface area contributed by atoms with Crippen molar-refractivity contribution in [2.45, 2.75) is 24.5 Å². The first kappa shape index (κ1) is 23.5. The lowest BCUT2D eigenvalue weighted by molar-refractivity contribution is -0.00931. The highest BCUT2D eigenvalue weighted by Crippen LogP contribution is 2.46. The van der Waals surface area contributed by atoms with Gasteiger partial charge in [0.15, 0.2) is 17.1 Å². The minimum absolute atomic E-state index is 0.0789. The van der Waals surface area contributed by atoms with Crippen LogP contribution >= 0.6 is 11.6 Å². The Hall–Kier alpha value is -3.20. The zero-order valence-corrected chi connectivity index (χ0v) is 20.1. The minimum atomic E-state index is -0.993. The number of piperidine rings is 1. The van der Waals surface area contributed by atoms with E-state index < -0.39 is 18.3 Å². The van der Waals surface area contributed by atoms with E-state index in [2.05, 4.69) is 10.6 Å². The van der Waals surface area contributed by atoms with Crippen molar-refractivity contribution < 1.29 is 29.2 Å². The first-order chi connectivity index (χ1) is 16.9. The van der Waals surface area contributed by atoms with E-state index in [0.717, 1.165) is 17.1 Å². The molecule has 0 radical (unpaired) electrons. The summed E-state index contributed by atoms with van der Waals surface area (Å²) in [6.07, 6.45) is 2.32. The summed E-state index contributed by atoms with van der Waals surface area (Å²) >= 11 is 6.23. The molecule has 9 heteroatoms. The van der Waals surface area contributed by atoms with Crippen molar-refractivity contribution in [1.82, 2.24) is 9.47 Å². The second-order valence-electron chi connectivity index (χ2n) is 8.78. The summed E-state index contributed by atoms with van der Waals surface area (Å²) in [4.78, 5) is 15.1. The van der Waals surface area contributed by atoms with Gasteiger partial charge in [0.1, 0.15) is 18.5 Å². The molecular weight excluding hydrogens is 472 g/mol. The molecule has 3 heterocycles. The Balaban J connectivity index is 1.32. The van der Waals surface area contributed by atoms with Gasteiger partial charge in [0.25, 0.3) is 5.91 Å². The molecular formula is C26H27ClN2O6. The highest BCUT2D eigenvalue weighted by Gasteiger charge is 2.44. The fourth-order valence-electron chi connectivity index (χ4n) is 4.76. The number of nitrogens with zero attached hydrogens (tertiary/aromatic N) is 2. The molecule has 2 aliphatic heterocycles. The number of ether oxygens (including phenoxy) is 3. The molecule has 1 saturated heterocycles. The molecule has 1 spiro atoms.